The molecule has 0 radical (unpaired) electrons. The van der Waals surface area contributed by atoms with E-state index in [4.69, 9.17) is 0 Å². The van der Waals surface area contributed by atoms with Gasteiger partial charge in [0.15, 0.2) is 0 Å². The van der Waals surface area contributed by atoms with E-state index in [1.165, 1.54) is 11.4 Å². The summed E-state index contributed by atoms with van der Waals surface area (Å²) in [6.07, 6.45) is 4.99. The van der Waals surface area contributed by atoms with Crippen molar-refractivity contribution in [2.75, 3.05) is 25.0 Å². The molecule has 4 nitrogen and oxygen atoms in total. The van der Waals surface area contributed by atoms with Crippen LogP contribution in [0.1, 0.15) is 19.0 Å². The number of rotatable bonds is 8. The molecule has 1 aromatic carbocycles. The van der Waals surface area contributed by atoms with E-state index in [1.54, 1.807) is 0 Å². The molecule has 0 spiro atoms. The van der Waals surface area contributed by atoms with Gasteiger partial charge in [0, 0.05) is 38.6 Å². The molecule has 108 valence electrons. The van der Waals surface area contributed by atoms with Crippen LogP contribution in [0.2, 0.25) is 0 Å². The minimum Gasteiger partial charge on any atom is -0.375 e. The first-order valence-corrected chi connectivity index (χ1v) is 7.27. The largest absolute Gasteiger partial charge is 0.375 e. The van der Waals surface area contributed by atoms with Crippen molar-refractivity contribution < 1.29 is 0 Å². The quantitative estimate of drug-likeness (QED) is 0.801. The summed E-state index contributed by atoms with van der Waals surface area (Å²) in [5, 5.41) is 3.34. The number of nitrogens with zero attached hydrogens (tertiary/aromatic N) is 3. The standard InChI is InChI=1S/C16H24N4/c1-3-17-12-16-13-18-14-20(16)11-7-10-19(2)15-8-5-4-6-9-15/h4-6,8-9,13-14,17H,3,7,10-12H2,1-2H3. The molecule has 1 aromatic heterocycles. The van der Waals surface area contributed by atoms with Crippen LogP contribution in [0, 0.1) is 0 Å². The number of imidazole rings is 1. The number of aromatic nitrogens is 2. The zero-order valence-corrected chi connectivity index (χ0v) is 12.4. The van der Waals surface area contributed by atoms with Gasteiger partial charge in [0.05, 0.1) is 12.0 Å². The second-order valence-corrected chi connectivity index (χ2v) is 4.97. The van der Waals surface area contributed by atoms with Crippen LogP contribution in [0.15, 0.2) is 42.9 Å². The van der Waals surface area contributed by atoms with E-state index in [1.807, 2.05) is 12.5 Å². The van der Waals surface area contributed by atoms with Crippen molar-refractivity contribution in [2.24, 2.45) is 0 Å². The summed E-state index contributed by atoms with van der Waals surface area (Å²) in [4.78, 5) is 6.53. The molecule has 2 rings (SSSR count). The SMILES string of the molecule is CCNCc1cncn1CCCN(C)c1ccccc1. The highest BCUT2D eigenvalue weighted by molar-refractivity contribution is 5.44. The Bertz CT molecular complexity index is 492. The summed E-state index contributed by atoms with van der Waals surface area (Å²) in [6, 6.07) is 10.5. The van der Waals surface area contributed by atoms with Gasteiger partial charge < -0.3 is 14.8 Å². The average molecular weight is 272 g/mol. The van der Waals surface area contributed by atoms with Crippen LogP contribution in [0.5, 0.6) is 0 Å². The first-order chi connectivity index (χ1) is 9.81. The van der Waals surface area contributed by atoms with E-state index in [2.05, 4.69) is 64.1 Å². The third kappa shape index (κ3) is 4.10. The predicted octanol–water partition coefficient (Wildman–Crippen LogP) is 2.52. The van der Waals surface area contributed by atoms with Crippen molar-refractivity contribution in [3.8, 4) is 0 Å². The third-order valence-electron chi connectivity index (χ3n) is 3.44. The summed E-state index contributed by atoms with van der Waals surface area (Å²) in [6.45, 7) is 6.06. The molecule has 0 aliphatic rings. The molecule has 0 unspecified atom stereocenters. The minimum absolute atomic E-state index is 0.894. The van der Waals surface area contributed by atoms with Crippen LogP contribution in [0.25, 0.3) is 0 Å². The molecular weight excluding hydrogens is 248 g/mol. The van der Waals surface area contributed by atoms with Gasteiger partial charge >= 0.3 is 0 Å². The Morgan fingerprint density at radius 2 is 2.05 bits per heavy atom. The van der Waals surface area contributed by atoms with Gasteiger partial charge in [0.1, 0.15) is 0 Å². The van der Waals surface area contributed by atoms with E-state index < -0.39 is 0 Å². The summed E-state index contributed by atoms with van der Waals surface area (Å²) < 4.78 is 2.24. The molecule has 0 amide bonds. The molecule has 1 N–H and O–H groups in total. The van der Waals surface area contributed by atoms with Crippen LogP contribution in [-0.2, 0) is 13.1 Å². The number of para-hydroxylation sites is 1. The summed E-state index contributed by atoms with van der Waals surface area (Å²) in [7, 11) is 2.14. The Labute approximate surface area is 121 Å². The van der Waals surface area contributed by atoms with Crippen LogP contribution in [0.3, 0.4) is 0 Å². The van der Waals surface area contributed by atoms with Gasteiger partial charge in [0.25, 0.3) is 0 Å². The molecule has 0 aliphatic heterocycles. The van der Waals surface area contributed by atoms with Gasteiger partial charge in [-0.1, -0.05) is 25.1 Å². The molecule has 4 heteroatoms. The van der Waals surface area contributed by atoms with Crippen LogP contribution in [0.4, 0.5) is 5.69 Å². The number of hydrogen-bond donors (Lipinski definition) is 1. The van der Waals surface area contributed by atoms with Gasteiger partial charge in [-0.3, -0.25) is 0 Å². The molecule has 0 saturated carbocycles. The number of hydrogen-bond acceptors (Lipinski definition) is 3. The summed E-state index contributed by atoms with van der Waals surface area (Å²) in [5.74, 6) is 0. The van der Waals surface area contributed by atoms with Crippen molar-refractivity contribution >= 4 is 5.69 Å². The van der Waals surface area contributed by atoms with E-state index in [0.29, 0.717) is 0 Å². The number of nitrogens with one attached hydrogen (secondary N) is 1. The van der Waals surface area contributed by atoms with Gasteiger partial charge in [0.2, 0.25) is 0 Å². The highest BCUT2D eigenvalue weighted by atomic mass is 15.1. The summed E-state index contributed by atoms with van der Waals surface area (Å²) >= 11 is 0. The maximum absolute atomic E-state index is 4.24. The monoisotopic (exact) mass is 272 g/mol. The highest BCUT2D eigenvalue weighted by Crippen LogP contribution is 2.11. The van der Waals surface area contributed by atoms with Crippen LogP contribution in [-0.4, -0.2) is 29.7 Å². The molecule has 20 heavy (non-hydrogen) atoms. The maximum atomic E-state index is 4.24. The highest BCUT2D eigenvalue weighted by Gasteiger charge is 2.03. The second kappa shape index (κ2) is 7.70. The van der Waals surface area contributed by atoms with Crippen molar-refractivity contribution in [2.45, 2.75) is 26.4 Å². The molecule has 1 heterocycles. The smallest absolute Gasteiger partial charge is 0.0948 e. The Balaban J connectivity index is 1.80. The fourth-order valence-corrected chi connectivity index (χ4v) is 2.24. The van der Waals surface area contributed by atoms with E-state index in [9.17, 15) is 0 Å². The lowest BCUT2D eigenvalue weighted by molar-refractivity contribution is 0.591. The first kappa shape index (κ1) is 14.6. The normalized spacial score (nSPS) is 10.7. The molecule has 0 aliphatic carbocycles. The minimum atomic E-state index is 0.894. The Kier molecular flexibility index (Phi) is 5.62. The van der Waals surface area contributed by atoms with Crippen LogP contribution >= 0.6 is 0 Å². The van der Waals surface area contributed by atoms with E-state index in [0.717, 1.165) is 32.6 Å². The third-order valence-corrected chi connectivity index (χ3v) is 3.44. The molecule has 0 fully saturated rings. The lowest BCUT2D eigenvalue weighted by Crippen LogP contribution is -2.20. The topological polar surface area (TPSA) is 33.1 Å². The van der Waals surface area contributed by atoms with Crippen molar-refractivity contribution in [1.82, 2.24) is 14.9 Å². The van der Waals surface area contributed by atoms with E-state index >= 15 is 0 Å². The molecule has 0 saturated heterocycles. The van der Waals surface area contributed by atoms with Crippen molar-refractivity contribution in [1.29, 1.82) is 0 Å². The zero-order chi connectivity index (χ0) is 14.2. The Hall–Kier alpha value is -1.81. The fourth-order valence-electron chi connectivity index (χ4n) is 2.24. The second-order valence-electron chi connectivity index (χ2n) is 4.97. The number of aryl methyl sites for hydroxylation is 1. The first-order valence-electron chi connectivity index (χ1n) is 7.27. The molecule has 0 atom stereocenters. The number of anilines is 1. The van der Waals surface area contributed by atoms with Gasteiger partial charge in [-0.2, -0.15) is 0 Å². The zero-order valence-electron chi connectivity index (χ0n) is 12.4. The lowest BCUT2D eigenvalue weighted by atomic mass is 10.3. The Morgan fingerprint density at radius 3 is 2.80 bits per heavy atom. The van der Waals surface area contributed by atoms with E-state index in [-0.39, 0.29) is 0 Å². The predicted molar refractivity (Wildman–Crippen MR) is 83.9 cm³/mol. The van der Waals surface area contributed by atoms with Gasteiger partial charge in [-0.05, 0) is 25.1 Å². The average Bonchev–Trinajstić information content (AvgIpc) is 2.93. The maximum Gasteiger partial charge on any atom is 0.0948 e. The molecule has 0 bridgehead atoms. The number of benzene rings is 1. The molecular formula is C16H24N4. The lowest BCUT2D eigenvalue weighted by Gasteiger charge is -2.19. The Morgan fingerprint density at radius 1 is 1.25 bits per heavy atom. The fraction of sp³-hybridized carbons (Fsp3) is 0.438. The van der Waals surface area contributed by atoms with Crippen molar-refractivity contribution in [3.05, 3.63) is 48.5 Å². The van der Waals surface area contributed by atoms with Gasteiger partial charge in [-0.15, -0.1) is 0 Å². The van der Waals surface area contributed by atoms with Crippen LogP contribution < -0.4 is 10.2 Å². The molecule has 2 aromatic rings. The summed E-state index contributed by atoms with van der Waals surface area (Å²) in [5.41, 5.74) is 2.53. The van der Waals surface area contributed by atoms with Crippen molar-refractivity contribution in [3.63, 3.8) is 0 Å². The van der Waals surface area contributed by atoms with Gasteiger partial charge in [-0.25, -0.2) is 4.98 Å².